The van der Waals surface area contributed by atoms with Gasteiger partial charge < -0.3 is 19.7 Å². The van der Waals surface area contributed by atoms with Crippen molar-refractivity contribution in [2.24, 2.45) is 0 Å². The van der Waals surface area contributed by atoms with Crippen LogP contribution in [0.4, 0.5) is 32.0 Å². The number of H-pyrrole nitrogens is 1. The molecular weight excluding hydrogens is 540 g/mol. The molecule has 2 aromatic carbocycles. The maximum Gasteiger partial charge on any atom is 0.430 e. The first-order valence-corrected chi connectivity index (χ1v) is 10.9. The number of alkyl halides is 6. The number of aliphatic hydroxyl groups is 1. The molecule has 0 saturated carbocycles. The molecule has 1 aliphatic heterocycles. The molecule has 1 amide bonds. The van der Waals surface area contributed by atoms with Gasteiger partial charge in [-0.2, -0.15) is 26.3 Å². The molecule has 0 radical (unpaired) electrons. The molecule has 0 spiro atoms. The monoisotopic (exact) mass is 557 g/mol. The van der Waals surface area contributed by atoms with Crippen LogP contribution in [0.1, 0.15) is 32.6 Å². The maximum absolute atomic E-state index is 13.6. The van der Waals surface area contributed by atoms with Gasteiger partial charge in [0.25, 0.3) is 17.1 Å². The van der Waals surface area contributed by atoms with Crippen LogP contribution in [0.5, 0.6) is 5.75 Å². The molecule has 1 unspecified atom stereocenters. The van der Waals surface area contributed by atoms with Crippen LogP contribution < -0.4 is 20.9 Å². The van der Waals surface area contributed by atoms with Gasteiger partial charge in [0.15, 0.2) is 0 Å². The predicted molar refractivity (Wildman–Crippen MR) is 121 cm³/mol. The quantitative estimate of drug-likeness (QED) is 0.289. The molecule has 15 heteroatoms. The topological polar surface area (TPSA) is 122 Å². The number of halogens is 6. The van der Waals surface area contributed by atoms with E-state index in [0.717, 1.165) is 38.2 Å². The van der Waals surface area contributed by atoms with Crippen LogP contribution in [-0.4, -0.2) is 39.8 Å². The lowest BCUT2D eigenvalue weighted by atomic mass is 9.94. The number of rotatable bonds is 4. The lowest BCUT2D eigenvalue weighted by molar-refractivity contribution is -0.253. The number of carbonyl (C=O) groups excluding carboxylic acids is 2. The second-order valence-electron chi connectivity index (χ2n) is 8.63. The summed E-state index contributed by atoms with van der Waals surface area (Å²) in [4.78, 5) is 52.7. The van der Waals surface area contributed by atoms with Crippen molar-refractivity contribution in [2.75, 3.05) is 11.9 Å². The molecule has 0 fully saturated rings. The fourth-order valence-corrected chi connectivity index (χ4v) is 4.20. The van der Waals surface area contributed by atoms with Gasteiger partial charge >= 0.3 is 24.0 Å². The van der Waals surface area contributed by atoms with E-state index >= 15 is 0 Å². The average molecular weight is 557 g/mol. The Morgan fingerprint density at radius 3 is 2.36 bits per heavy atom. The number of hydrogen-bond acceptors (Lipinski definition) is 6. The Bertz CT molecular complexity index is 1620. The number of carbonyl (C=O) groups is 2. The van der Waals surface area contributed by atoms with Gasteiger partial charge in [0, 0.05) is 18.8 Å². The molecule has 1 aromatic heterocycles. The van der Waals surface area contributed by atoms with E-state index in [1.54, 1.807) is 0 Å². The van der Waals surface area contributed by atoms with Crippen molar-refractivity contribution in [1.82, 2.24) is 9.55 Å². The summed E-state index contributed by atoms with van der Waals surface area (Å²) in [6.07, 6.45) is -9.43. The SMILES string of the molecule is Cc1c(Cn2c(=O)[nH]cc(C(=O)Oc3ccc4c(c3)C(O)(C(F)(F)F)C(=O)N4C)c2=O)cccc1C(F)(F)F. The molecule has 0 bridgehead atoms. The van der Waals surface area contributed by atoms with E-state index < -0.39 is 70.1 Å². The third-order valence-corrected chi connectivity index (χ3v) is 6.31. The predicted octanol–water partition coefficient (Wildman–Crippen LogP) is 2.86. The summed E-state index contributed by atoms with van der Waals surface area (Å²) in [5.74, 6) is -3.68. The Labute approximate surface area is 213 Å². The van der Waals surface area contributed by atoms with Crippen molar-refractivity contribution >= 4 is 17.6 Å². The molecule has 2 N–H and O–H groups in total. The minimum absolute atomic E-state index is 0.0400. The Kier molecular flexibility index (Phi) is 6.46. The molecule has 206 valence electrons. The van der Waals surface area contributed by atoms with Gasteiger partial charge in [0.1, 0.15) is 11.3 Å². The summed E-state index contributed by atoms with van der Waals surface area (Å²) in [5.41, 5.74) is -9.49. The summed E-state index contributed by atoms with van der Waals surface area (Å²) in [6.45, 7) is 0.505. The van der Waals surface area contributed by atoms with Gasteiger partial charge in [-0.3, -0.25) is 14.2 Å². The van der Waals surface area contributed by atoms with Crippen LogP contribution in [0.2, 0.25) is 0 Å². The van der Waals surface area contributed by atoms with Crippen LogP contribution in [-0.2, 0) is 23.1 Å². The van der Waals surface area contributed by atoms with E-state index in [2.05, 4.69) is 4.98 Å². The van der Waals surface area contributed by atoms with E-state index in [1.165, 1.54) is 6.07 Å². The van der Waals surface area contributed by atoms with Crippen LogP contribution in [0.3, 0.4) is 0 Å². The molecular formula is C24H17F6N3O6. The van der Waals surface area contributed by atoms with Crippen molar-refractivity contribution in [3.05, 3.63) is 91.3 Å². The minimum Gasteiger partial charge on any atom is -0.423 e. The smallest absolute Gasteiger partial charge is 0.423 e. The number of hydrogen-bond donors (Lipinski definition) is 2. The average Bonchev–Trinajstić information content (AvgIpc) is 3.03. The zero-order valence-electron chi connectivity index (χ0n) is 19.9. The van der Waals surface area contributed by atoms with E-state index in [-0.39, 0.29) is 16.8 Å². The number of ether oxygens (including phenoxy) is 1. The highest BCUT2D eigenvalue weighted by Gasteiger charge is 2.66. The summed E-state index contributed by atoms with van der Waals surface area (Å²) in [6, 6.07) is 5.77. The molecule has 0 saturated heterocycles. The number of nitrogens with zero attached hydrogens (tertiary/aromatic N) is 2. The third kappa shape index (κ3) is 4.47. The fraction of sp³-hybridized carbons (Fsp3) is 0.250. The maximum atomic E-state index is 13.6. The number of nitrogens with one attached hydrogen (secondary N) is 1. The normalized spacial score (nSPS) is 17.4. The second kappa shape index (κ2) is 9.11. The lowest BCUT2D eigenvalue weighted by Gasteiger charge is -2.24. The Morgan fingerprint density at radius 2 is 1.74 bits per heavy atom. The standard InChI is InChI=1S/C24H17F6N3O6/c1-11-12(4-3-5-15(11)23(25,26)27)10-33-18(34)14(9-31-21(33)37)19(35)39-13-6-7-17-16(8-13)22(38,24(28,29)30)20(36)32(17)2/h3-9,38H,10H2,1-2H3,(H,31,37). The van der Waals surface area contributed by atoms with E-state index in [9.17, 15) is 50.6 Å². The molecule has 2 heterocycles. The highest BCUT2D eigenvalue weighted by molar-refractivity contribution is 6.07. The first-order valence-electron chi connectivity index (χ1n) is 10.9. The van der Waals surface area contributed by atoms with Crippen molar-refractivity contribution in [3.8, 4) is 5.75 Å². The number of aromatic amines is 1. The minimum atomic E-state index is -5.42. The largest absolute Gasteiger partial charge is 0.430 e. The number of anilines is 1. The Morgan fingerprint density at radius 1 is 1.08 bits per heavy atom. The number of esters is 1. The number of amides is 1. The third-order valence-electron chi connectivity index (χ3n) is 6.31. The summed E-state index contributed by atoms with van der Waals surface area (Å²) < 4.78 is 86.0. The molecule has 0 aliphatic carbocycles. The molecule has 9 nitrogen and oxygen atoms in total. The summed E-state index contributed by atoms with van der Waals surface area (Å²) in [7, 11) is 1.01. The highest BCUT2D eigenvalue weighted by Crippen LogP contribution is 2.49. The second-order valence-corrected chi connectivity index (χ2v) is 8.63. The van der Waals surface area contributed by atoms with Gasteiger partial charge in [0.05, 0.1) is 17.8 Å². The Hall–Kier alpha value is -4.40. The van der Waals surface area contributed by atoms with E-state index in [1.807, 2.05) is 0 Å². The van der Waals surface area contributed by atoms with Gasteiger partial charge in [-0.05, 0) is 42.3 Å². The number of fused-ring (bicyclic) bond motifs is 1. The molecule has 39 heavy (non-hydrogen) atoms. The zero-order valence-corrected chi connectivity index (χ0v) is 19.9. The fourth-order valence-electron chi connectivity index (χ4n) is 4.20. The summed E-state index contributed by atoms with van der Waals surface area (Å²) in [5, 5.41) is 10.2. The van der Waals surface area contributed by atoms with Crippen LogP contribution in [0.25, 0.3) is 0 Å². The van der Waals surface area contributed by atoms with Crippen molar-refractivity contribution in [2.45, 2.75) is 31.4 Å². The van der Waals surface area contributed by atoms with Crippen molar-refractivity contribution in [3.63, 3.8) is 0 Å². The number of benzene rings is 2. The first-order chi connectivity index (χ1) is 18.0. The van der Waals surface area contributed by atoms with Gasteiger partial charge in [-0.25, -0.2) is 9.59 Å². The first kappa shape index (κ1) is 27.6. The van der Waals surface area contributed by atoms with Gasteiger partial charge in [0.2, 0.25) is 0 Å². The lowest BCUT2D eigenvalue weighted by Crippen LogP contribution is -2.49. The van der Waals surface area contributed by atoms with Crippen LogP contribution in [0, 0.1) is 6.92 Å². The summed E-state index contributed by atoms with van der Waals surface area (Å²) >= 11 is 0. The zero-order chi connectivity index (χ0) is 29.1. The molecule has 3 aromatic rings. The molecule has 1 atom stereocenters. The van der Waals surface area contributed by atoms with Crippen molar-refractivity contribution in [1.29, 1.82) is 0 Å². The number of aromatic nitrogens is 2. The van der Waals surface area contributed by atoms with Gasteiger partial charge in [-0.1, -0.05) is 12.1 Å². The number of likely N-dealkylation sites (N-methyl/N-ethyl adjacent to an activating group) is 1. The van der Waals surface area contributed by atoms with E-state index in [0.29, 0.717) is 21.7 Å². The van der Waals surface area contributed by atoms with Crippen molar-refractivity contribution < 1.29 is 45.8 Å². The molecule has 4 rings (SSSR count). The Balaban J connectivity index is 1.68. The highest BCUT2D eigenvalue weighted by atomic mass is 19.4. The van der Waals surface area contributed by atoms with E-state index in [4.69, 9.17) is 4.74 Å². The van der Waals surface area contributed by atoms with Gasteiger partial charge in [-0.15, -0.1) is 0 Å². The van der Waals surface area contributed by atoms with Crippen LogP contribution in [0.15, 0.2) is 52.2 Å². The molecule has 1 aliphatic rings. The van der Waals surface area contributed by atoms with Crippen LogP contribution >= 0.6 is 0 Å².